The van der Waals surface area contributed by atoms with Gasteiger partial charge in [0.2, 0.25) is 5.89 Å². The summed E-state index contributed by atoms with van der Waals surface area (Å²) >= 11 is 0. The molecular formula is C18H33N5O2S. The van der Waals surface area contributed by atoms with Gasteiger partial charge in [-0.1, -0.05) is 39.3 Å². The van der Waals surface area contributed by atoms with E-state index in [2.05, 4.69) is 25.8 Å². The molecule has 3 atom stereocenters. The number of nitrogens with one attached hydrogen (secondary N) is 2. The van der Waals surface area contributed by atoms with Crippen molar-refractivity contribution < 1.29 is 8.73 Å². The van der Waals surface area contributed by atoms with Crippen LogP contribution in [-0.4, -0.2) is 43.9 Å². The molecule has 0 saturated heterocycles. The normalized spacial score (nSPS) is 22.9. The number of guanidine groups is 1. The molecule has 0 aliphatic heterocycles. The molecule has 7 nitrogen and oxygen atoms in total. The first-order valence-electron chi connectivity index (χ1n) is 9.58. The monoisotopic (exact) mass is 383 g/mol. The summed E-state index contributed by atoms with van der Waals surface area (Å²) in [6.07, 6.45) is 4.18. The molecule has 1 heterocycles. The van der Waals surface area contributed by atoms with E-state index in [1.165, 1.54) is 0 Å². The number of hydrogen-bond acceptors (Lipinski definition) is 5. The Morgan fingerprint density at radius 1 is 1.35 bits per heavy atom. The Hall–Kier alpha value is -1.44. The van der Waals surface area contributed by atoms with E-state index in [9.17, 15) is 4.21 Å². The van der Waals surface area contributed by atoms with E-state index in [1.807, 2.05) is 34.6 Å². The molecule has 0 spiro atoms. The van der Waals surface area contributed by atoms with Crippen molar-refractivity contribution in [3.05, 3.63) is 11.7 Å². The van der Waals surface area contributed by atoms with Crippen molar-refractivity contribution in [3.63, 3.8) is 0 Å². The zero-order chi connectivity index (χ0) is 19.2. The maximum Gasteiger partial charge on any atom is 0.232 e. The molecule has 3 unspecified atom stereocenters. The second-order valence-corrected chi connectivity index (χ2v) is 9.77. The lowest BCUT2D eigenvalue weighted by Gasteiger charge is -2.30. The van der Waals surface area contributed by atoms with E-state index in [0.29, 0.717) is 29.6 Å². The number of rotatable bonds is 6. The molecule has 1 fully saturated rings. The summed E-state index contributed by atoms with van der Waals surface area (Å²) in [5.41, 5.74) is -0.163. The minimum Gasteiger partial charge on any atom is -0.357 e. The standard InChI is InChI=1S/C18H33N5O2S/c1-6-19-17(20-12-15-22-16(25-23-15)18(3,4)5)21-13-9-8-10-14(11-13)26(24)7-2/h13-14H,6-12H2,1-5H3,(H2,19,20,21). The van der Waals surface area contributed by atoms with Crippen molar-refractivity contribution >= 4 is 16.8 Å². The molecule has 2 N–H and O–H groups in total. The van der Waals surface area contributed by atoms with Crippen LogP contribution in [0.15, 0.2) is 9.52 Å². The number of aliphatic imine (C=N–C) groups is 1. The molecule has 0 aromatic carbocycles. The zero-order valence-corrected chi connectivity index (χ0v) is 17.5. The topological polar surface area (TPSA) is 92.4 Å². The van der Waals surface area contributed by atoms with Gasteiger partial charge < -0.3 is 15.2 Å². The minimum absolute atomic E-state index is 0.163. The quantitative estimate of drug-likeness (QED) is 0.579. The van der Waals surface area contributed by atoms with Gasteiger partial charge in [-0.05, 0) is 26.2 Å². The average Bonchev–Trinajstić information content (AvgIpc) is 3.09. The average molecular weight is 384 g/mol. The van der Waals surface area contributed by atoms with Gasteiger partial charge in [0, 0.05) is 39.8 Å². The van der Waals surface area contributed by atoms with Crippen molar-refractivity contribution in [3.8, 4) is 0 Å². The molecule has 2 rings (SSSR count). The SMILES string of the molecule is CCNC(=NCc1noc(C(C)(C)C)n1)NC1CCCC(S(=O)CC)C1. The Morgan fingerprint density at radius 2 is 2.12 bits per heavy atom. The molecule has 0 bridgehead atoms. The Morgan fingerprint density at radius 3 is 2.73 bits per heavy atom. The van der Waals surface area contributed by atoms with Crippen LogP contribution in [0.5, 0.6) is 0 Å². The first kappa shape index (κ1) is 20.9. The van der Waals surface area contributed by atoms with Gasteiger partial charge in [0.1, 0.15) is 6.54 Å². The van der Waals surface area contributed by atoms with Crippen LogP contribution < -0.4 is 10.6 Å². The fourth-order valence-electron chi connectivity index (χ4n) is 3.04. The van der Waals surface area contributed by atoms with Crippen LogP contribution in [0.4, 0.5) is 0 Å². The fraction of sp³-hybridized carbons (Fsp3) is 0.833. The summed E-state index contributed by atoms with van der Waals surface area (Å²) in [6.45, 7) is 11.3. The van der Waals surface area contributed by atoms with E-state index in [0.717, 1.165) is 43.9 Å². The lowest BCUT2D eigenvalue weighted by atomic mass is 9.95. The molecule has 1 aromatic rings. The molecule has 1 aromatic heterocycles. The van der Waals surface area contributed by atoms with Gasteiger partial charge in [0.25, 0.3) is 0 Å². The smallest absolute Gasteiger partial charge is 0.232 e. The van der Waals surface area contributed by atoms with Crippen LogP contribution in [0, 0.1) is 0 Å². The van der Waals surface area contributed by atoms with Gasteiger partial charge in [-0.25, -0.2) is 4.99 Å². The van der Waals surface area contributed by atoms with Gasteiger partial charge >= 0.3 is 0 Å². The number of hydrogen-bond donors (Lipinski definition) is 2. The van der Waals surface area contributed by atoms with Gasteiger partial charge in [0.05, 0.1) is 0 Å². The maximum absolute atomic E-state index is 12.1. The molecule has 8 heteroatoms. The van der Waals surface area contributed by atoms with E-state index in [4.69, 9.17) is 4.52 Å². The molecule has 148 valence electrons. The molecular weight excluding hydrogens is 350 g/mol. The molecule has 1 aliphatic carbocycles. The summed E-state index contributed by atoms with van der Waals surface area (Å²) in [5, 5.41) is 11.1. The summed E-state index contributed by atoms with van der Waals surface area (Å²) in [7, 11) is -0.725. The van der Waals surface area contributed by atoms with E-state index in [1.54, 1.807) is 0 Å². The molecule has 1 aliphatic rings. The maximum atomic E-state index is 12.1. The minimum atomic E-state index is -0.725. The highest BCUT2D eigenvalue weighted by atomic mass is 32.2. The van der Waals surface area contributed by atoms with Crippen molar-refractivity contribution in [2.24, 2.45) is 4.99 Å². The van der Waals surface area contributed by atoms with Crippen LogP contribution in [0.1, 0.15) is 72.0 Å². The van der Waals surface area contributed by atoms with Crippen LogP contribution in [0.25, 0.3) is 0 Å². The molecule has 1 saturated carbocycles. The van der Waals surface area contributed by atoms with E-state index in [-0.39, 0.29) is 5.41 Å². The Balaban J connectivity index is 1.98. The second kappa shape index (κ2) is 9.48. The van der Waals surface area contributed by atoms with Crippen LogP contribution >= 0.6 is 0 Å². The fourth-order valence-corrected chi connectivity index (χ4v) is 4.38. The van der Waals surface area contributed by atoms with Gasteiger partial charge in [-0.3, -0.25) is 4.21 Å². The van der Waals surface area contributed by atoms with Gasteiger partial charge in [-0.2, -0.15) is 4.98 Å². The summed E-state index contributed by atoms with van der Waals surface area (Å²) < 4.78 is 17.4. The van der Waals surface area contributed by atoms with Crippen molar-refractivity contribution in [1.82, 2.24) is 20.8 Å². The second-order valence-electron chi connectivity index (χ2n) is 7.76. The van der Waals surface area contributed by atoms with Crippen LogP contribution in [0.2, 0.25) is 0 Å². The summed E-state index contributed by atoms with van der Waals surface area (Å²) in [5.74, 6) is 2.69. The van der Waals surface area contributed by atoms with Gasteiger partial charge in [0.15, 0.2) is 11.8 Å². The summed E-state index contributed by atoms with van der Waals surface area (Å²) in [4.78, 5) is 9.02. The third-order valence-corrected chi connectivity index (χ3v) is 6.20. The highest BCUT2D eigenvalue weighted by Gasteiger charge is 2.26. The van der Waals surface area contributed by atoms with Gasteiger partial charge in [-0.15, -0.1) is 0 Å². The number of aromatic nitrogens is 2. The molecule has 0 radical (unpaired) electrons. The van der Waals surface area contributed by atoms with E-state index < -0.39 is 10.8 Å². The summed E-state index contributed by atoms with van der Waals surface area (Å²) in [6, 6.07) is 0.303. The number of nitrogens with zero attached hydrogens (tertiary/aromatic N) is 3. The van der Waals surface area contributed by atoms with Crippen LogP contribution in [0.3, 0.4) is 0 Å². The first-order chi connectivity index (χ1) is 12.3. The van der Waals surface area contributed by atoms with Crippen molar-refractivity contribution in [2.45, 2.75) is 83.6 Å². The highest BCUT2D eigenvalue weighted by molar-refractivity contribution is 7.85. The highest BCUT2D eigenvalue weighted by Crippen LogP contribution is 2.23. The lowest BCUT2D eigenvalue weighted by molar-refractivity contribution is 0.318. The third-order valence-electron chi connectivity index (χ3n) is 4.46. The zero-order valence-electron chi connectivity index (χ0n) is 16.7. The lowest BCUT2D eigenvalue weighted by Crippen LogP contribution is -2.46. The van der Waals surface area contributed by atoms with Crippen LogP contribution in [-0.2, 0) is 22.8 Å². The van der Waals surface area contributed by atoms with Crippen molar-refractivity contribution in [2.75, 3.05) is 12.3 Å². The van der Waals surface area contributed by atoms with Crippen molar-refractivity contribution in [1.29, 1.82) is 0 Å². The molecule has 26 heavy (non-hydrogen) atoms. The predicted molar refractivity (Wildman–Crippen MR) is 106 cm³/mol. The molecule has 0 amide bonds. The van der Waals surface area contributed by atoms with E-state index >= 15 is 0 Å². The largest absolute Gasteiger partial charge is 0.357 e. The Kier molecular flexibility index (Phi) is 7.61. The predicted octanol–water partition coefficient (Wildman–Crippen LogP) is 2.50. The Bertz CT molecular complexity index is 623. The Labute approximate surface area is 159 Å². The third kappa shape index (κ3) is 6.07. The first-order valence-corrected chi connectivity index (χ1v) is 11.0.